The highest BCUT2D eigenvalue weighted by atomic mass is 19.4. The predicted molar refractivity (Wildman–Crippen MR) is 113 cm³/mol. The maximum Gasteiger partial charge on any atom is 0.393 e. The number of alkyl halides is 3. The van der Waals surface area contributed by atoms with Crippen molar-refractivity contribution in [1.29, 1.82) is 5.26 Å². The summed E-state index contributed by atoms with van der Waals surface area (Å²) in [5, 5.41) is 12.3. The molecule has 0 spiro atoms. The summed E-state index contributed by atoms with van der Waals surface area (Å²) in [5.74, 6) is 0.242. The van der Waals surface area contributed by atoms with E-state index in [0.717, 1.165) is 71.4 Å². The molecule has 3 aliphatic heterocycles. The Morgan fingerprint density at radius 3 is 2.42 bits per heavy atom. The van der Waals surface area contributed by atoms with Crippen molar-refractivity contribution in [3.8, 4) is 6.07 Å². The largest absolute Gasteiger partial charge is 0.393 e. The summed E-state index contributed by atoms with van der Waals surface area (Å²) in [4.78, 5) is 4.91. The Hall–Kier alpha value is -0.920. The summed E-state index contributed by atoms with van der Waals surface area (Å²) in [6.45, 7) is 5.98. The monoisotopic (exact) mass is 442 g/mol. The molecule has 1 saturated carbocycles. The summed E-state index contributed by atoms with van der Waals surface area (Å²) in [7, 11) is 0. The van der Waals surface area contributed by atoms with Crippen LogP contribution in [0.5, 0.6) is 0 Å². The third kappa shape index (κ3) is 5.91. The van der Waals surface area contributed by atoms with Gasteiger partial charge in [-0.2, -0.15) is 18.4 Å². The lowest BCUT2D eigenvalue weighted by Crippen LogP contribution is -2.53. The van der Waals surface area contributed by atoms with E-state index in [0.29, 0.717) is 24.3 Å². The number of nitriles is 1. The summed E-state index contributed by atoms with van der Waals surface area (Å²) < 4.78 is 38.8. The molecule has 4 fully saturated rings. The smallest absolute Gasteiger partial charge is 0.302 e. The van der Waals surface area contributed by atoms with E-state index in [-0.39, 0.29) is 25.0 Å². The van der Waals surface area contributed by atoms with Crippen LogP contribution in [0, 0.1) is 35.0 Å². The summed E-state index contributed by atoms with van der Waals surface area (Å²) in [6, 6.07) is 2.90. The van der Waals surface area contributed by atoms with Crippen molar-refractivity contribution in [1.82, 2.24) is 26.0 Å². The van der Waals surface area contributed by atoms with Gasteiger partial charge in [0.05, 0.1) is 18.2 Å². The van der Waals surface area contributed by atoms with Gasteiger partial charge in [0.15, 0.2) is 0 Å². The maximum atomic E-state index is 12.9. The molecule has 1 aliphatic carbocycles. The highest BCUT2D eigenvalue weighted by Gasteiger charge is 2.42. The molecule has 31 heavy (non-hydrogen) atoms. The molecule has 0 amide bonds. The van der Waals surface area contributed by atoms with E-state index in [4.69, 9.17) is 5.26 Å². The normalized spacial score (nSPS) is 39.2. The van der Waals surface area contributed by atoms with E-state index in [1.807, 2.05) is 0 Å². The molecule has 4 rings (SSSR count). The first kappa shape index (κ1) is 23.2. The van der Waals surface area contributed by atoms with Crippen molar-refractivity contribution < 1.29 is 13.2 Å². The topological polar surface area (TPSA) is 66.4 Å². The van der Waals surface area contributed by atoms with Gasteiger partial charge in [0.25, 0.3) is 0 Å². The zero-order chi connectivity index (χ0) is 21.8. The first-order valence-electron chi connectivity index (χ1n) is 12.1. The molecular formula is C22H37F3N6. The van der Waals surface area contributed by atoms with Crippen molar-refractivity contribution in [2.45, 2.75) is 63.3 Å². The van der Waals surface area contributed by atoms with Gasteiger partial charge in [-0.3, -0.25) is 15.8 Å². The number of piperidine rings is 1. The summed E-state index contributed by atoms with van der Waals surface area (Å²) in [5.41, 5.74) is 6.89. The van der Waals surface area contributed by atoms with Gasteiger partial charge in [-0.1, -0.05) is 0 Å². The molecular weight excluding hydrogens is 405 g/mol. The minimum atomic E-state index is -4.08. The molecule has 0 aromatic carbocycles. The number of hydrogen-bond acceptors (Lipinski definition) is 6. The number of rotatable bonds is 4. The fraction of sp³-hybridized carbons (Fsp3) is 0.955. The van der Waals surface area contributed by atoms with Gasteiger partial charge in [-0.25, -0.2) is 0 Å². The predicted octanol–water partition coefficient (Wildman–Crippen LogP) is 2.30. The second kappa shape index (κ2) is 10.3. The standard InChI is InChI=1S/C22H37F3N6/c23-22(24,25)19-6-7-20(27-14-19)31-9-1-8-30(10-11-31)15-18-13-28-29-21(18)17-4-2-16(12-26)3-5-17/h16-21,27-29H,1-11,13-15H2. The minimum absolute atomic E-state index is 0.0452. The molecule has 4 aliphatic rings. The van der Waals surface area contributed by atoms with E-state index in [1.54, 1.807) is 0 Å². The third-order valence-corrected chi connectivity index (χ3v) is 8.01. The van der Waals surface area contributed by atoms with Crippen LogP contribution in [0.2, 0.25) is 0 Å². The van der Waals surface area contributed by atoms with E-state index < -0.39 is 12.1 Å². The van der Waals surface area contributed by atoms with Crippen molar-refractivity contribution in [2.75, 3.05) is 45.8 Å². The average Bonchev–Trinajstić information content (AvgIpc) is 3.10. The van der Waals surface area contributed by atoms with Crippen molar-refractivity contribution >= 4 is 0 Å². The fourth-order valence-corrected chi connectivity index (χ4v) is 6.09. The van der Waals surface area contributed by atoms with E-state index >= 15 is 0 Å². The fourth-order valence-electron chi connectivity index (χ4n) is 6.09. The summed E-state index contributed by atoms with van der Waals surface area (Å²) in [6.07, 6.45) is 2.18. The Kier molecular flexibility index (Phi) is 7.76. The van der Waals surface area contributed by atoms with Crippen LogP contribution in [-0.2, 0) is 0 Å². The average molecular weight is 443 g/mol. The van der Waals surface area contributed by atoms with Crippen molar-refractivity contribution in [3.05, 3.63) is 0 Å². The third-order valence-electron chi connectivity index (χ3n) is 8.01. The number of hydrazine groups is 1. The van der Waals surface area contributed by atoms with Gasteiger partial charge < -0.3 is 10.2 Å². The highest BCUT2D eigenvalue weighted by molar-refractivity contribution is 4.95. The van der Waals surface area contributed by atoms with Gasteiger partial charge in [-0.15, -0.1) is 0 Å². The van der Waals surface area contributed by atoms with Gasteiger partial charge in [0.2, 0.25) is 0 Å². The molecule has 0 radical (unpaired) electrons. The molecule has 0 aromatic rings. The van der Waals surface area contributed by atoms with Crippen molar-refractivity contribution in [3.63, 3.8) is 0 Å². The molecule has 3 saturated heterocycles. The number of hydrogen-bond donors (Lipinski definition) is 3. The van der Waals surface area contributed by atoms with E-state index in [1.165, 1.54) is 0 Å². The van der Waals surface area contributed by atoms with Crippen LogP contribution in [-0.4, -0.2) is 74.0 Å². The second-order valence-electron chi connectivity index (χ2n) is 9.98. The zero-order valence-corrected chi connectivity index (χ0v) is 18.3. The molecule has 6 nitrogen and oxygen atoms in total. The van der Waals surface area contributed by atoms with Gasteiger partial charge in [0, 0.05) is 57.1 Å². The lowest BCUT2D eigenvalue weighted by molar-refractivity contribution is -0.181. The van der Waals surface area contributed by atoms with Crippen LogP contribution in [0.3, 0.4) is 0 Å². The Balaban J connectivity index is 1.23. The molecule has 0 bridgehead atoms. The molecule has 0 aromatic heterocycles. The molecule has 9 heteroatoms. The highest BCUT2D eigenvalue weighted by Crippen LogP contribution is 2.34. The Morgan fingerprint density at radius 2 is 1.74 bits per heavy atom. The molecule has 176 valence electrons. The number of halogens is 3. The van der Waals surface area contributed by atoms with Crippen LogP contribution >= 0.6 is 0 Å². The van der Waals surface area contributed by atoms with Crippen LogP contribution in [0.4, 0.5) is 13.2 Å². The lowest BCUT2D eigenvalue weighted by atomic mass is 9.76. The molecule has 3 heterocycles. The minimum Gasteiger partial charge on any atom is -0.302 e. The zero-order valence-electron chi connectivity index (χ0n) is 18.3. The summed E-state index contributed by atoms with van der Waals surface area (Å²) >= 11 is 0. The van der Waals surface area contributed by atoms with Gasteiger partial charge in [0.1, 0.15) is 0 Å². The van der Waals surface area contributed by atoms with Crippen LogP contribution in [0.1, 0.15) is 44.9 Å². The van der Waals surface area contributed by atoms with Crippen LogP contribution in [0.25, 0.3) is 0 Å². The molecule has 3 N–H and O–H groups in total. The van der Waals surface area contributed by atoms with Gasteiger partial charge in [-0.05, 0) is 57.4 Å². The molecule has 4 atom stereocenters. The quantitative estimate of drug-likeness (QED) is 0.621. The maximum absolute atomic E-state index is 12.9. The number of nitrogens with zero attached hydrogens (tertiary/aromatic N) is 3. The second-order valence-corrected chi connectivity index (χ2v) is 9.98. The Morgan fingerprint density at radius 1 is 0.935 bits per heavy atom. The van der Waals surface area contributed by atoms with Crippen LogP contribution < -0.4 is 16.2 Å². The Bertz CT molecular complexity index is 607. The SMILES string of the molecule is N#CC1CCC(C2NNCC2CN2CCCN(C3CCC(C(F)(F)F)CN3)CC2)CC1. The number of nitrogens with one attached hydrogen (secondary N) is 3. The Labute approximate surface area is 183 Å². The first-order valence-corrected chi connectivity index (χ1v) is 12.1. The van der Waals surface area contributed by atoms with Crippen LogP contribution in [0.15, 0.2) is 0 Å². The van der Waals surface area contributed by atoms with E-state index in [9.17, 15) is 13.2 Å². The first-order chi connectivity index (χ1) is 14.9. The molecule has 4 unspecified atom stereocenters. The van der Waals surface area contributed by atoms with E-state index in [2.05, 4.69) is 32.0 Å². The van der Waals surface area contributed by atoms with Gasteiger partial charge >= 0.3 is 6.18 Å². The van der Waals surface area contributed by atoms with Crippen molar-refractivity contribution in [2.24, 2.45) is 23.7 Å². The lowest BCUT2D eigenvalue weighted by Gasteiger charge is -2.38.